The van der Waals surface area contributed by atoms with E-state index in [4.69, 9.17) is 4.74 Å². The molecule has 1 rings (SSSR count). The molecular weight excluding hydrogens is 216 g/mol. The molecule has 0 amide bonds. The van der Waals surface area contributed by atoms with Crippen LogP contribution in [-0.2, 0) is 0 Å². The van der Waals surface area contributed by atoms with Crippen molar-refractivity contribution in [3.63, 3.8) is 0 Å². The molecule has 0 aliphatic rings. The van der Waals surface area contributed by atoms with E-state index < -0.39 is 0 Å². The third-order valence-corrected chi connectivity index (χ3v) is 2.39. The number of hydrogen-bond donors (Lipinski definition) is 1. The van der Waals surface area contributed by atoms with Gasteiger partial charge >= 0.3 is 0 Å². The Kier molecular flexibility index (Phi) is 6.32. The van der Waals surface area contributed by atoms with Gasteiger partial charge in [0.25, 0.3) is 0 Å². The molecule has 0 fully saturated rings. The highest BCUT2D eigenvalue weighted by molar-refractivity contribution is 5.39. The third-order valence-electron chi connectivity index (χ3n) is 2.39. The number of aromatic nitrogens is 2. The SMILES string of the molecule is CCCOc1cc(N(C)CCCNC)ncn1. The van der Waals surface area contributed by atoms with E-state index >= 15 is 0 Å². The van der Waals surface area contributed by atoms with Crippen molar-refractivity contribution in [1.29, 1.82) is 0 Å². The average molecular weight is 238 g/mol. The van der Waals surface area contributed by atoms with E-state index in [1.54, 1.807) is 6.33 Å². The summed E-state index contributed by atoms with van der Waals surface area (Å²) in [4.78, 5) is 10.4. The molecule has 5 nitrogen and oxygen atoms in total. The second kappa shape index (κ2) is 7.84. The molecule has 1 N–H and O–H groups in total. The molecule has 1 aromatic heterocycles. The fourth-order valence-corrected chi connectivity index (χ4v) is 1.43. The molecule has 5 heteroatoms. The highest BCUT2D eigenvalue weighted by Gasteiger charge is 2.04. The molecule has 0 saturated heterocycles. The van der Waals surface area contributed by atoms with Crippen LogP contribution in [0.3, 0.4) is 0 Å². The minimum Gasteiger partial charge on any atom is -0.478 e. The van der Waals surface area contributed by atoms with Gasteiger partial charge in [0, 0.05) is 19.7 Å². The van der Waals surface area contributed by atoms with Crippen LogP contribution in [-0.4, -0.2) is 43.8 Å². The molecule has 0 aliphatic heterocycles. The summed E-state index contributed by atoms with van der Waals surface area (Å²) in [6.45, 7) is 4.74. The third kappa shape index (κ3) is 4.99. The normalized spacial score (nSPS) is 10.3. The maximum atomic E-state index is 5.48. The van der Waals surface area contributed by atoms with Crippen LogP contribution in [0.25, 0.3) is 0 Å². The van der Waals surface area contributed by atoms with Gasteiger partial charge in [-0.25, -0.2) is 9.97 Å². The first kappa shape index (κ1) is 13.7. The van der Waals surface area contributed by atoms with Crippen molar-refractivity contribution in [2.24, 2.45) is 0 Å². The Morgan fingerprint density at radius 3 is 2.94 bits per heavy atom. The first-order valence-electron chi connectivity index (χ1n) is 6.08. The quantitative estimate of drug-likeness (QED) is 0.692. The molecule has 0 aliphatic carbocycles. The largest absolute Gasteiger partial charge is 0.478 e. The standard InChI is InChI=1S/C12H22N4O/c1-4-8-17-12-9-11(14-10-15-12)16(3)7-5-6-13-2/h9-10,13H,4-8H2,1-3H3. The van der Waals surface area contributed by atoms with Crippen molar-refractivity contribution >= 4 is 5.82 Å². The minimum atomic E-state index is 0.650. The Hall–Kier alpha value is -1.36. The first-order valence-corrected chi connectivity index (χ1v) is 6.08. The fraction of sp³-hybridized carbons (Fsp3) is 0.667. The van der Waals surface area contributed by atoms with Crippen LogP contribution < -0.4 is 15.0 Å². The van der Waals surface area contributed by atoms with Crippen LogP contribution in [0.15, 0.2) is 12.4 Å². The Morgan fingerprint density at radius 2 is 2.24 bits per heavy atom. The molecule has 0 aromatic carbocycles. The molecule has 1 aromatic rings. The summed E-state index contributed by atoms with van der Waals surface area (Å²) in [5.74, 6) is 1.56. The van der Waals surface area contributed by atoms with Gasteiger partial charge < -0.3 is 15.0 Å². The van der Waals surface area contributed by atoms with Gasteiger partial charge in [-0.3, -0.25) is 0 Å². The Bertz CT molecular complexity index is 319. The van der Waals surface area contributed by atoms with Crippen molar-refractivity contribution in [3.8, 4) is 5.88 Å². The average Bonchev–Trinajstić information content (AvgIpc) is 2.37. The first-order chi connectivity index (χ1) is 8.27. The maximum Gasteiger partial charge on any atom is 0.218 e. The second-order valence-corrected chi connectivity index (χ2v) is 3.94. The molecule has 1 heterocycles. The Morgan fingerprint density at radius 1 is 1.41 bits per heavy atom. The molecular formula is C12H22N4O. The van der Waals surface area contributed by atoms with E-state index in [0.29, 0.717) is 12.5 Å². The summed E-state index contributed by atoms with van der Waals surface area (Å²) in [7, 11) is 3.99. The molecule has 0 bridgehead atoms. The molecule has 0 spiro atoms. The van der Waals surface area contributed by atoms with Gasteiger partial charge in [-0.1, -0.05) is 6.92 Å². The van der Waals surface area contributed by atoms with Crippen molar-refractivity contribution in [3.05, 3.63) is 12.4 Å². The lowest BCUT2D eigenvalue weighted by molar-refractivity contribution is 0.304. The van der Waals surface area contributed by atoms with Gasteiger partial charge in [0.2, 0.25) is 5.88 Å². The lowest BCUT2D eigenvalue weighted by Gasteiger charge is -2.18. The lowest BCUT2D eigenvalue weighted by atomic mass is 10.4. The molecule has 0 radical (unpaired) electrons. The topological polar surface area (TPSA) is 50.3 Å². The van der Waals surface area contributed by atoms with Gasteiger partial charge in [-0.15, -0.1) is 0 Å². The number of nitrogens with one attached hydrogen (secondary N) is 1. The van der Waals surface area contributed by atoms with Gasteiger partial charge in [0.15, 0.2) is 0 Å². The number of ether oxygens (including phenoxy) is 1. The summed E-state index contributed by atoms with van der Waals surface area (Å²) in [6, 6.07) is 1.88. The van der Waals surface area contributed by atoms with E-state index in [0.717, 1.165) is 31.7 Å². The van der Waals surface area contributed by atoms with Crippen LogP contribution >= 0.6 is 0 Å². The smallest absolute Gasteiger partial charge is 0.218 e. The molecule has 96 valence electrons. The zero-order chi connectivity index (χ0) is 12.5. The molecule has 0 unspecified atom stereocenters. The van der Waals surface area contributed by atoms with Crippen molar-refractivity contribution in [2.75, 3.05) is 38.7 Å². The molecule has 0 saturated carbocycles. The Labute approximate surface area is 103 Å². The number of hydrogen-bond acceptors (Lipinski definition) is 5. The van der Waals surface area contributed by atoms with E-state index in [1.165, 1.54) is 0 Å². The van der Waals surface area contributed by atoms with E-state index in [1.807, 2.05) is 20.2 Å². The van der Waals surface area contributed by atoms with Crippen LogP contribution in [0.2, 0.25) is 0 Å². The van der Waals surface area contributed by atoms with E-state index in [-0.39, 0.29) is 0 Å². The van der Waals surface area contributed by atoms with Crippen LogP contribution in [0.4, 0.5) is 5.82 Å². The highest BCUT2D eigenvalue weighted by atomic mass is 16.5. The summed E-state index contributed by atoms with van der Waals surface area (Å²) in [6.07, 6.45) is 3.62. The van der Waals surface area contributed by atoms with Crippen molar-refractivity contribution in [1.82, 2.24) is 15.3 Å². The Balaban J connectivity index is 2.51. The fourth-order valence-electron chi connectivity index (χ4n) is 1.43. The van der Waals surface area contributed by atoms with Gasteiger partial charge in [-0.05, 0) is 26.4 Å². The van der Waals surface area contributed by atoms with E-state index in [2.05, 4.69) is 27.1 Å². The van der Waals surface area contributed by atoms with Gasteiger partial charge in [-0.2, -0.15) is 0 Å². The predicted octanol–water partition coefficient (Wildman–Crippen LogP) is 1.31. The van der Waals surface area contributed by atoms with E-state index in [9.17, 15) is 0 Å². The number of anilines is 1. The highest BCUT2D eigenvalue weighted by Crippen LogP contribution is 2.14. The summed E-state index contributed by atoms with van der Waals surface area (Å²) in [5, 5.41) is 3.13. The lowest BCUT2D eigenvalue weighted by Crippen LogP contribution is -2.23. The molecule has 17 heavy (non-hydrogen) atoms. The van der Waals surface area contributed by atoms with Gasteiger partial charge in [0.1, 0.15) is 12.1 Å². The number of nitrogens with zero attached hydrogens (tertiary/aromatic N) is 3. The van der Waals surface area contributed by atoms with Crippen molar-refractivity contribution < 1.29 is 4.74 Å². The zero-order valence-electron chi connectivity index (χ0n) is 10.9. The monoisotopic (exact) mass is 238 g/mol. The minimum absolute atomic E-state index is 0.650. The summed E-state index contributed by atoms with van der Waals surface area (Å²) < 4.78 is 5.48. The second-order valence-electron chi connectivity index (χ2n) is 3.94. The van der Waals surface area contributed by atoms with Crippen LogP contribution in [0.1, 0.15) is 19.8 Å². The van der Waals surface area contributed by atoms with Gasteiger partial charge in [0.05, 0.1) is 6.61 Å². The van der Waals surface area contributed by atoms with Crippen LogP contribution in [0, 0.1) is 0 Å². The molecule has 0 atom stereocenters. The zero-order valence-corrected chi connectivity index (χ0v) is 10.9. The maximum absolute atomic E-state index is 5.48. The predicted molar refractivity (Wildman–Crippen MR) is 69.6 cm³/mol. The summed E-state index contributed by atoms with van der Waals surface area (Å²) >= 11 is 0. The number of rotatable bonds is 8. The van der Waals surface area contributed by atoms with Crippen LogP contribution in [0.5, 0.6) is 5.88 Å². The van der Waals surface area contributed by atoms with Crippen molar-refractivity contribution in [2.45, 2.75) is 19.8 Å². The summed E-state index contributed by atoms with van der Waals surface area (Å²) in [5.41, 5.74) is 0.